The summed E-state index contributed by atoms with van der Waals surface area (Å²) in [6.07, 6.45) is 1.81. The first kappa shape index (κ1) is 16.1. The van der Waals surface area contributed by atoms with E-state index in [1.54, 1.807) is 6.20 Å². The van der Waals surface area contributed by atoms with Gasteiger partial charge in [0.25, 0.3) is 0 Å². The molecule has 1 fully saturated rings. The van der Waals surface area contributed by atoms with Crippen LogP contribution in [0, 0.1) is 0 Å². The Hall–Kier alpha value is -3.06. The molecule has 3 aromatic rings. The molecule has 7 nitrogen and oxygen atoms in total. The topological polar surface area (TPSA) is 62.4 Å². The van der Waals surface area contributed by atoms with Gasteiger partial charge in [-0.25, -0.2) is 0 Å². The van der Waals surface area contributed by atoms with Gasteiger partial charge in [-0.05, 0) is 25.2 Å². The molecule has 7 heteroatoms. The number of pyridine rings is 1. The van der Waals surface area contributed by atoms with E-state index in [-0.39, 0.29) is 0 Å². The van der Waals surface area contributed by atoms with Crippen molar-refractivity contribution in [2.75, 3.05) is 38.1 Å². The van der Waals surface area contributed by atoms with Crippen molar-refractivity contribution in [1.82, 2.24) is 24.6 Å². The van der Waals surface area contributed by atoms with Crippen molar-refractivity contribution in [3.63, 3.8) is 0 Å². The predicted octanol–water partition coefficient (Wildman–Crippen LogP) is 1.77. The maximum atomic E-state index is 4.85. The minimum absolute atomic E-state index is 0.487. The molecule has 2 aliphatic rings. The summed E-state index contributed by atoms with van der Waals surface area (Å²) in [5.74, 6) is 1.77. The Morgan fingerprint density at radius 3 is 2.52 bits per heavy atom. The number of rotatable bonds is 2. The molecule has 0 atom stereocenters. The number of aromatic nitrogens is 4. The fraction of sp³-hybridized carbons (Fsp3) is 0.300. The Bertz CT molecular complexity index is 985. The minimum atomic E-state index is 0.487. The van der Waals surface area contributed by atoms with Crippen molar-refractivity contribution in [1.29, 1.82) is 0 Å². The second-order valence-corrected chi connectivity index (χ2v) is 6.94. The van der Waals surface area contributed by atoms with Crippen LogP contribution in [0.1, 0.15) is 17.1 Å². The number of hydrogen-bond acceptors (Lipinski definition) is 6. The number of likely N-dealkylation sites (N-methyl/N-ethyl adjacent to an activating group) is 1. The SMILES string of the molecule is CN1CCN(c2nnc3n2-c2ccccc2C(c2ccccn2)=NC3)CC1. The summed E-state index contributed by atoms with van der Waals surface area (Å²) in [6, 6.07) is 14.2. The zero-order chi connectivity index (χ0) is 18.2. The number of piperazine rings is 1. The van der Waals surface area contributed by atoms with E-state index < -0.39 is 0 Å². The van der Waals surface area contributed by atoms with Crippen molar-refractivity contribution >= 4 is 11.7 Å². The molecule has 2 aliphatic heterocycles. The molecule has 4 heterocycles. The van der Waals surface area contributed by atoms with Gasteiger partial charge in [0.15, 0.2) is 5.82 Å². The van der Waals surface area contributed by atoms with Gasteiger partial charge >= 0.3 is 0 Å². The first-order valence-electron chi connectivity index (χ1n) is 9.24. The Balaban J connectivity index is 1.63. The molecule has 0 radical (unpaired) electrons. The van der Waals surface area contributed by atoms with Crippen LogP contribution in [0.15, 0.2) is 53.7 Å². The lowest BCUT2D eigenvalue weighted by atomic mass is 10.0. The van der Waals surface area contributed by atoms with E-state index in [2.05, 4.69) is 54.8 Å². The second-order valence-electron chi connectivity index (χ2n) is 6.94. The van der Waals surface area contributed by atoms with Crippen LogP contribution < -0.4 is 4.90 Å². The minimum Gasteiger partial charge on any atom is -0.338 e. The molecule has 0 amide bonds. The highest BCUT2D eigenvalue weighted by atomic mass is 15.4. The number of benzene rings is 1. The van der Waals surface area contributed by atoms with E-state index in [9.17, 15) is 0 Å². The fourth-order valence-corrected chi connectivity index (χ4v) is 3.69. The van der Waals surface area contributed by atoms with E-state index >= 15 is 0 Å². The van der Waals surface area contributed by atoms with Gasteiger partial charge in [-0.1, -0.05) is 24.3 Å². The summed E-state index contributed by atoms with van der Waals surface area (Å²) in [6.45, 7) is 4.44. The van der Waals surface area contributed by atoms with Crippen LogP contribution in [-0.2, 0) is 6.54 Å². The van der Waals surface area contributed by atoms with Gasteiger partial charge in [-0.2, -0.15) is 0 Å². The van der Waals surface area contributed by atoms with Gasteiger partial charge < -0.3 is 9.80 Å². The van der Waals surface area contributed by atoms with E-state index in [1.165, 1.54) is 0 Å². The molecule has 1 aromatic carbocycles. The van der Waals surface area contributed by atoms with Crippen molar-refractivity contribution in [2.45, 2.75) is 6.54 Å². The van der Waals surface area contributed by atoms with E-state index in [1.807, 2.05) is 24.3 Å². The van der Waals surface area contributed by atoms with E-state index in [0.29, 0.717) is 6.54 Å². The quantitative estimate of drug-likeness (QED) is 0.698. The monoisotopic (exact) mass is 359 g/mol. The molecule has 0 saturated carbocycles. The summed E-state index contributed by atoms with van der Waals surface area (Å²) >= 11 is 0. The Morgan fingerprint density at radius 2 is 1.70 bits per heavy atom. The highest BCUT2D eigenvalue weighted by Crippen LogP contribution is 2.28. The molecule has 0 bridgehead atoms. The van der Waals surface area contributed by atoms with Crippen LogP contribution in [0.5, 0.6) is 0 Å². The average molecular weight is 359 g/mol. The third-order valence-electron chi connectivity index (χ3n) is 5.19. The molecule has 136 valence electrons. The summed E-state index contributed by atoms with van der Waals surface area (Å²) in [7, 11) is 2.16. The van der Waals surface area contributed by atoms with Crippen LogP contribution >= 0.6 is 0 Å². The van der Waals surface area contributed by atoms with Crippen LogP contribution in [-0.4, -0.2) is 63.6 Å². The van der Waals surface area contributed by atoms with Crippen molar-refractivity contribution in [3.8, 4) is 5.69 Å². The van der Waals surface area contributed by atoms with Crippen molar-refractivity contribution in [3.05, 3.63) is 65.7 Å². The largest absolute Gasteiger partial charge is 0.338 e. The summed E-state index contributed by atoms with van der Waals surface area (Å²) in [5, 5.41) is 8.99. The van der Waals surface area contributed by atoms with E-state index in [0.717, 1.165) is 60.6 Å². The number of para-hydroxylation sites is 1. The van der Waals surface area contributed by atoms with Gasteiger partial charge in [0.2, 0.25) is 5.95 Å². The van der Waals surface area contributed by atoms with Gasteiger partial charge in [-0.3, -0.25) is 14.5 Å². The first-order valence-corrected chi connectivity index (χ1v) is 9.24. The summed E-state index contributed by atoms with van der Waals surface area (Å²) in [4.78, 5) is 14.0. The number of anilines is 1. The van der Waals surface area contributed by atoms with Crippen LogP contribution in [0.4, 0.5) is 5.95 Å². The van der Waals surface area contributed by atoms with E-state index in [4.69, 9.17) is 4.99 Å². The number of fused-ring (bicyclic) bond motifs is 3. The molecule has 0 spiro atoms. The smallest absolute Gasteiger partial charge is 0.232 e. The molecule has 0 aliphatic carbocycles. The van der Waals surface area contributed by atoms with Crippen LogP contribution in [0.2, 0.25) is 0 Å². The molecule has 0 unspecified atom stereocenters. The Morgan fingerprint density at radius 1 is 0.889 bits per heavy atom. The zero-order valence-electron chi connectivity index (χ0n) is 15.3. The van der Waals surface area contributed by atoms with Crippen LogP contribution in [0.25, 0.3) is 5.69 Å². The van der Waals surface area contributed by atoms with Gasteiger partial charge in [-0.15, -0.1) is 10.2 Å². The van der Waals surface area contributed by atoms with Crippen LogP contribution in [0.3, 0.4) is 0 Å². The number of nitrogens with zero attached hydrogens (tertiary/aromatic N) is 7. The molecule has 1 saturated heterocycles. The van der Waals surface area contributed by atoms with Crippen molar-refractivity contribution in [2.24, 2.45) is 4.99 Å². The molecule has 5 rings (SSSR count). The lowest BCUT2D eigenvalue weighted by molar-refractivity contribution is 0.310. The first-order chi connectivity index (χ1) is 13.3. The Kier molecular flexibility index (Phi) is 3.94. The molecular formula is C20H21N7. The Labute approximate surface area is 158 Å². The molecular weight excluding hydrogens is 338 g/mol. The normalized spacial score (nSPS) is 17.1. The molecule has 2 aromatic heterocycles. The standard InChI is InChI=1S/C20H21N7/c1-25-10-12-26(13-11-25)20-24-23-18-14-22-19(16-7-4-5-9-21-16)15-6-2-3-8-17(15)27(18)20/h2-9H,10-14H2,1H3. The van der Waals surface area contributed by atoms with Gasteiger partial charge in [0, 0.05) is 37.9 Å². The lowest BCUT2D eigenvalue weighted by Gasteiger charge is -2.33. The molecule has 27 heavy (non-hydrogen) atoms. The number of hydrogen-bond donors (Lipinski definition) is 0. The zero-order valence-corrected chi connectivity index (χ0v) is 15.3. The second kappa shape index (κ2) is 6.59. The maximum Gasteiger partial charge on any atom is 0.232 e. The number of aliphatic imine (C=N–C) groups is 1. The van der Waals surface area contributed by atoms with Crippen molar-refractivity contribution < 1.29 is 0 Å². The third kappa shape index (κ3) is 2.80. The third-order valence-corrected chi connectivity index (χ3v) is 5.19. The average Bonchev–Trinajstić information content (AvgIpc) is 3.06. The predicted molar refractivity (Wildman–Crippen MR) is 105 cm³/mol. The van der Waals surface area contributed by atoms with Gasteiger partial charge in [0.1, 0.15) is 6.54 Å². The summed E-state index contributed by atoms with van der Waals surface area (Å²) in [5.41, 5.74) is 3.91. The fourth-order valence-electron chi connectivity index (χ4n) is 3.69. The molecule has 0 N–H and O–H groups in total. The van der Waals surface area contributed by atoms with Gasteiger partial charge in [0.05, 0.1) is 17.1 Å². The highest BCUT2D eigenvalue weighted by molar-refractivity contribution is 6.14. The highest BCUT2D eigenvalue weighted by Gasteiger charge is 2.26. The lowest BCUT2D eigenvalue weighted by Crippen LogP contribution is -2.45. The summed E-state index contributed by atoms with van der Waals surface area (Å²) < 4.78 is 2.17. The maximum absolute atomic E-state index is 4.85.